The molecule has 0 N–H and O–H groups in total. The molecule has 0 bridgehead atoms. The van der Waals surface area contributed by atoms with Crippen molar-refractivity contribution < 1.29 is 0 Å². The molecule has 6 nitrogen and oxygen atoms in total. The highest BCUT2D eigenvalue weighted by molar-refractivity contribution is 6.33. The Morgan fingerprint density at radius 2 is 1.85 bits per heavy atom. The Morgan fingerprint density at radius 1 is 1.15 bits per heavy atom. The van der Waals surface area contributed by atoms with Gasteiger partial charge in [-0.05, 0) is 6.54 Å². The van der Waals surface area contributed by atoms with Crippen molar-refractivity contribution in [3.8, 4) is 0 Å². The summed E-state index contributed by atoms with van der Waals surface area (Å²) in [5, 5.41) is 5.48. The van der Waals surface area contributed by atoms with Gasteiger partial charge < -0.3 is 4.90 Å². The summed E-state index contributed by atoms with van der Waals surface area (Å²) >= 11 is 6.21. The molecule has 1 fully saturated rings. The van der Waals surface area contributed by atoms with Crippen LogP contribution in [-0.2, 0) is 13.6 Å². The van der Waals surface area contributed by atoms with Crippen molar-refractivity contribution in [2.24, 2.45) is 7.05 Å². The quantitative estimate of drug-likeness (QED) is 0.795. The minimum atomic E-state index is 0.491. The number of halogens is 1. The van der Waals surface area contributed by atoms with Gasteiger partial charge in [0.25, 0.3) is 0 Å². The molecule has 0 aromatic carbocycles. The molecule has 108 valence electrons. The molecule has 0 amide bonds. The summed E-state index contributed by atoms with van der Waals surface area (Å²) in [7, 11) is 1.87. The summed E-state index contributed by atoms with van der Waals surface area (Å²) in [5.74, 6) is 0.774. The summed E-state index contributed by atoms with van der Waals surface area (Å²) in [6.07, 6.45) is 1.71. The highest BCUT2D eigenvalue weighted by Crippen LogP contribution is 2.20. The van der Waals surface area contributed by atoms with E-state index in [9.17, 15) is 0 Å². The van der Waals surface area contributed by atoms with E-state index in [0.717, 1.165) is 56.1 Å². The SMILES string of the molecule is CCN1CCN(Cc2nc(Cl)c3cnn(C)c3n2)CC1. The van der Waals surface area contributed by atoms with Gasteiger partial charge in [-0.15, -0.1) is 0 Å². The van der Waals surface area contributed by atoms with Crippen molar-refractivity contribution in [2.45, 2.75) is 13.5 Å². The molecule has 0 saturated carbocycles. The summed E-state index contributed by atoms with van der Waals surface area (Å²) in [5.41, 5.74) is 0.798. The third kappa shape index (κ3) is 2.63. The lowest BCUT2D eigenvalue weighted by molar-refractivity contribution is 0.129. The van der Waals surface area contributed by atoms with Gasteiger partial charge in [-0.1, -0.05) is 18.5 Å². The fourth-order valence-electron chi connectivity index (χ4n) is 2.56. The first kappa shape index (κ1) is 13.7. The van der Waals surface area contributed by atoms with Gasteiger partial charge in [0.2, 0.25) is 0 Å². The molecule has 0 radical (unpaired) electrons. The van der Waals surface area contributed by atoms with Gasteiger partial charge in [-0.3, -0.25) is 9.58 Å². The van der Waals surface area contributed by atoms with Crippen LogP contribution in [0.4, 0.5) is 0 Å². The van der Waals surface area contributed by atoms with E-state index in [1.54, 1.807) is 10.9 Å². The molecule has 0 atom stereocenters. The lowest BCUT2D eigenvalue weighted by Crippen LogP contribution is -2.45. The van der Waals surface area contributed by atoms with Crippen molar-refractivity contribution >= 4 is 22.6 Å². The lowest BCUT2D eigenvalue weighted by atomic mass is 10.3. The fourth-order valence-corrected chi connectivity index (χ4v) is 2.80. The number of hydrogen-bond donors (Lipinski definition) is 0. The molecule has 1 aliphatic heterocycles. The zero-order valence-electron chi connectivity index (χ0n) is 11.9. The van der Waals surface area contributed by atoms with Crippen molar-refractivity contribution in [3.05, 3.63) is 17.2 Å². The highest BCUT2D eigenvalue weighted by atomic mass is 35.5. The first-order valence-electron chi connectivity index (χ1n) is 6.96. The maximum absolute atomic E-state index is 6.21. The first-order valence-corrected chi connectivity index (χ1v) is 7.34. The van der Waals surface area contributed by atoms with Crippen LogP contribution in [0.2, 0.25) is 5.15 Å². The fraction of sp³-hybridized carbons (Fsp3) is 0.615. The molecule has 2 aromatic rings. The Hall–Kier alpha value is -1.24. The Labute approximate surface area is 123 Å². The molecular weight excluding hydrogens is 276 g/mol. The van der Waals surface area contributed by atoms with Gasteiger partial charge in [0, 0.05) is 33.2 Å². The highest BCUT2D eigenvalue weighted by Gasteiger charge is 2.18. The van der Waals surface area contributed by atoms with E-state index in [2.05, 4.69) is 31.8 Å². The van der Waals surface area contributed by atoms with Gasteiger partial charge in [-0.2, -0.15) is 5.10 Å². The van der Waals surface area contributed by atoms with Crippen LogP contribution < -0.4 is 0 Å². The minimum absolute atomic E-state index is 0.491. The Balaban J connectivity index is 1.76. The van der Waals surface area contributed by atoms with Crippen LogP contribution in [0.3, 0.4) is 0 Å². The summed E-state index contributed by atoms with van der Waals surface area (Å²) in [6.45, 7) is 8.40. The molecule has 1 aliphatic rings. The first-order chi connectivity index (χ1) is 9.67. The van der Waals surface area contributed by atoms with Crippen molar-refractivity contribution in [2.75, 3.05) is 32.7 Å². The summed E-state index contributed by atoms with van der Waals surface area (Å²) in [6, 6.07) is 0. The summed E-state index contributed by atoms with van der Waals surface area (Å²) < 4.78 is 1.74. The third-order valence-corrected chi connectivity index (χ3v) is 4.16. The number of rotatable bonds is 3. The van der Waals surface area contributed by atoms with E-state index in [-0.39, 0.29) is 0 Å². The van der Waals surface area contributed by atoms with Crippen LogP contribution in [0.15, 0.2) is 6.20 Å². The van der Waals surface area contributed by atoms with Gasteiger partial charge in [0.1, 0.15) is 11.0 Å². The van der Waals surface area contributed by atoms with Gasteiger partial charge >= 0.3 is 0 Å². The predicted octanol–water partition coefficient (Wildman–Crippen LogP) is 1.15. The second-order valence-corrected chi connectivity index (χ2v) is 5.50. The number of aryl methyl sites for hydroxylation is 1. The summed E-state index contributed by atoms with van der Waals surface area (Å²) in [4.78, 5) is 13.8. The second-order valence-electron chi connectivity index (χ2n) is 5.15. The van der Waals surface area contributed by atoms with Crippen molar-refractivity contribution in [1.82, 2.24) is 29.5 Å². The van der Waals surface area contributed by atoms with Crippen molar-refractivity contribution in [1.29, 1.82) is 0 Å². The number of piperazine rings is 1. The zero-order valence-corrected chi connectivity index (χ0v) is 12.6. The maximum Gasteiger partial charge on any atom is 0.162 e. The molecule has 0 spiro atoms. The number of likely N-dealkylation sites (N-methyl/N-ethyl adjacent to an activating group) is 1. The minimum Gasteiger partial charge on any atom is -0.301 e. The van der Waals surface area contributed by atoms with E-state index in [4.69, 9.17) is 11.6 Å². The predicted molar refractivity (Wildman–Crippen MR) is 78.7 cm³/mol. The number of fused-ring (bicyclic) bond motifs is 1. The Bertz CT molecular complexity index is 602. The van der Waals surface area contributed by atoms with E-state index in [1.807, 2.05) is 7.05 Å². The average molecular weight is 295 g/mol. The van der Waals surface area contributed by atoms with Crippen LogP contribution in [-0.4, -0.2) is 62.3 Å². The molecule has 20 heavy (non-hydrogen) atoms. The normalized spacial score (nSPS) is 17.9. The topological polar surface area (TPSA) is 50.1 Å². The van der Waals surface area contributed by atoms with Gasteiger partial charge in [0.15, 0.2) is 5.65 Å². The van der Waals surface area contributed by atoms with Crippen LogP contribution >= 0.6 is 11.6 Å². The molecular formula is C13H19ClN6. The van der Waals surface area contributed by atoms with E-state index < -0.39 is 0 Å². The molecule has 2 aromatic heterocycles. The molecule has 3 heterocycles. The Morgan fingerprint density at radius 3 is 2.55 bits per heavy atom. The standard InChI is InChI=1S/C13H19ClN6/c1-3-19-4-6-20(7-5-19)9-11-16-12(14)10-8-15-18(2)13(10)17-11/h8H,3-7,9H2,1-2H3. The van der Waals surface area contributed by atoms with Crippen molar-refractivity contribution in [3.63, 3.8) is 0 Å². The van der Waals surface area contributed by atoms with Gasteiger partial charge in [0.05, 0.1) is 18.1 Å². The van der Waals surface area contributed by atoms with E-state index in [1.165, 1.54) is 0 Å². The lowest BCUT2D eigenvalue weighted by Gasteiger charge is -2.33. The van der Waals surface area contributed by atoms with Crippen LogP contribution in [0.1, 0.15) is 12.7 Å². The van der Waals surface area contributed by atoms with E-state index in [0.29, 0.717) is 5.15 Å². The third-order valence-electron chi connectivity index (χ3n) is 3.87. The zero-order chi connectivity index (χ0) is 14.1. The number of aromatic nitrogens is 4. The average Bonchev–Trinajstić information content (AvgIpc) is 2.82. The number of nitrogens with zero attached hydrogens (tertiary/aromatic N) is 6. The molecule has 3 rings (SSSR count). The number of hydrogen-bond acceptors (Lipinski definition) is 5. The molecule has 1 saturated heterocycles. The van der Waals surface area contributed by atoms with Crippen LogP contribution in [0.25, 0.3) is 11.0 Å². The monoisotopic (exact) mass is 294 g/mol. The largest absolute Gasteiger partial charge is 0.301 e. The molecule has 0 unspecified atom stereocenters. The van der Waals surface area contributed by atoms with Crippen LogP contribution in [0.5, 0.6) is 0 Å². The van der Waals surface area contributed by atoms with Crippen LogP contribution in [0, 0.1) is 0 Å². The molecule has 0 aliphatic carbocycles. The van der Waals surface area contributed by atoms with E-state index >= 15 is 0 Å². The second kappa shape index (κ2) is 5.63. The van der Waals surface area contributed by atoms with Gasteiger partial charge in [-0.25, -0.2) is 9.97 Å². The maximum atomic E-state index is 6.21. The smallest absolute Gasteiger partial charge is 0.162 e. The Kier molecular flexibility index (Phi) is 3.87. The molecule has 7 heteroatoms.